The minimum Gasteiger partial charge on any atom is -0.340 e. The standard InChI is InChI=1S/C18H23FN4OS/c1-22(18(24)17-11-20-25-21-17)12-14-5-4-9-23(13-14)10-8-15-6-2-3-7-16(15)19/h2-3,6-7,11,14H,4-5,8-10,12-13H2,1H3/t14-/m1/s1. The van der Waals surface area contributed by atoms with Gasteiger partial charge in [0.2, 0.25) is 0 Å². The molecule has 3 rings (SSSR count). The largest absolute Gasteiger partial charge is 0.340 e. The highest BCUT2D eigenvalue weighted by atomic mass is 32.1. The Bertz CT molecular complexity index is 694. The van der Waals surface area contributed by atoms with Gasteiger partial charge in [0, 0.05) is 26.7 Å². The first-order chi connectivity index (χ1) is 12.1. The fourth-order valence-electron chi connectivity index (χ4n) is 3.41. The maximum absolute atomic E-state index is 13.7. The zero-order valence-electron chi connectivity index (χ0n) is 14.4. The average molecular weight is 362 g/mol. The smallest absolute Gasteiger partial charge is 0.274 e. The van der Waals surface area contributed by atoms with E-state index in [1.54, 1.807) is 11.0 Å². The van der Waals surface area contributed by atoms with Gasteiger partial charge in [-0.1, -0.05) is 18.2 Å². The summed E-state index contributed by atoms with van der Waals surface area (Å²) >= 11 is 1.05. The molecule has 1 aliphatic rings. The second kappa shape index (κ2) is 8.49. The van der Waals surface area contributed by atoms with E-state index in [1.165, 1.54) is 12.3 Å². The first-order valence-electron chi connectivity index (χ1n) is 8.62. The predicted octanol–water partition coefficient (Wildman–Crippen LogP) is 2.70. The number of carbonyl (C=O) groups excluding carboxylic acids is 1. The number of carbonyl (C=O) groups is 1. The molecule has 0 radical (unpaired) electrons. The van der Waals surface area contributed by atoms with Crippen molar-refractivity contribution in [3.05, 3.63) is 47.5 Å². The van der Waals surface area contributed by atoms with E-state index in [-0.39, 0.29) is 11.7 Å². The van der Waals surface area contributed by atoms with Gasteiger partial charge < -0.3 is 9.80 Å². The van der Waals surface area contributed by atoms with Crippen LogP contribution in [0.4, 0.5) is 4.39 Å². The minimum absolute atomic E-state index is 0.0720. The number of nitrogens with zero attached hydrogens (tertiary/aromatic N) is 4. The number of piperidine rings is 1. The molecule has 0 spiro atoms. The zero-order chi connectivity index (χ0) is 17.6. The number of likely N-dealkylation sites (tertiary alicyclic amines) is 1. The molecule has 25 heavy (non-hydrogen) atoms. The quantitative estimate of drug-likeness (QED) is 0.793. The second-order valence-electron chi connectivity index (χ2n) is 6.63. The van der Waals surface area contributed by atoms with Gasteiger partial charge in [-0.3, -0.25) is 4.79 Å². The van der Waals surface area contributed by atoms with Gasteiger partial charge in [0.1, 0.15) is 5.82 Å². The van der Waals surface area contributed by atoms with Crippen molar-refractivity contribution in [2.45, 2.75) is 19.3 Å². The highest BCUT2D eigenvalue weighted by Gasteiger charge is 2.24. The summed E-state index contributed by atoms with van der Waals surface area (Å²) in [6.45, 7) is 3.55. The van der Waals surface area contributed by atoms with Crippen LogP contribution in [0.15, 0.2) is 30.5 Å². The van der Waals surface area contributed by atoms with E-state index in [2.05, 4.69) is 13.6 Å². The van der Waals surface area contributed by atoms with Crippen molar-refractivity contribution in [2.75, 3.05) is 33.2 Å². The third kappa shape index (κ3) is 4.83. The van der Waals surface area contributed by atoms with Crippen LogP contribution in [0.1, 0.15) is 28.9 Å². The van der Waals surface area contributed by atoms with Gasteiger partial charge in [-0.15, -0.1) is 0 Å². The Morgan fingerprint density at radius 2 is 2.28 bits per heavy atom. The van der Waals surface area contributed by atoms with Gasteiger partial charge in [-0.05, 0) is 43.4 Å². The molecule has 0 unspecified atom stereocenters. The lowest BCUT2D eigenvalue weighted by Gasteiger charge is -2.34. The van der Waals surface area contributed by atoms with E-state index < -0.39 is 0 Å². The van der Waals surface area contributed by atoms with Crippen molar-refractivity contribution in [3.63, 3.8) is 0 Å². The summed E-state index contributed by atoms with van der Waals surface area (Å²) in [5.74, 6) is 0.241. The van der Waals surface area contributed by atoms with Crippen molar-refractivity contribution in [1.29, 1.82) is 0 Å². The Balaban J connectivity index is 1.49. The van der Waals surface area contributed by atoms with Crippen molar-refractivity contribution in [2.24, 2.45) is 5.92 Å². The molecule has 1 amide bonds. The van der Waals surface area contributed by atoms with Gasteiger partial charge >= 0.3 is 0 Å². The molecule has 1 aromatic heterocycles. The Hall–Kier alpha value is -1.86. The lowest BCUT2D eigenvalue weighted by atomic mass is 9.97. The van der Waals surface area contributed by atoms with Crippen molar-refractivity contribution in [1.82, 2.24) is 18.5 Å². The molecule has 1 aromatic carbocycles. The molecule has 2 heterocycles. The lowest BCUT2D eigenvalue weighted by molar-refractivity contribution is 0.0725. The Morgan fingerprint density at radius 1 is 1.44 bits per heavy atom. The molecule has 0 bridgehead atoms. The summed E-state index contributed by atoms with van der Waals surface area (Å²) in [5, 5.41) is 0. The van der Waals surface area contributed by atoms with Crippen molar-refractivity contribution < 1.29 is 9.18 Å². The molecule has 0 aliphatic carbocycles. The number of rotatable bonds is 6. The van der Waals surface area contributed by atoms with Crippen LogP contribution in [0.25, 0.3) is 0 Å². The molecule has 1 saturated heterocycles. The van der Waals surface area contributed by atoms with Crippen LogP contribution >= 0.6 is 11.7 Å². The van der Waals surface area contributed by atoms with Crippen LogP contribution in [-0.2, 0) is 6.42 Å². The SMILES string of the molecule is CN(C[C@H]1CCCN(CCc2ccccc2F)C1)C(=O)c1cnsn1. The van der Waals surface area contributed by atoms with Crippen LogP contribution < -0.4 is 0 Å². The zero-order valence-corrected chi connectivity index (χ0v) is 15.2. The normalized spacial score (nSPS) is 18.2. The van der Waals surface area contributed by atoms with E-state index in [4.69, 9.17) is 0 Å². The number of hydrogen-bond acceptors (Lipinski definition) is 5. The maximum Gasteiger partial charge on any atom is 0.274 e. The Kier molecular flexibility index (Phi) is 6.09. The molecule has 0 saturated carbocycles. The highest BCUT2D eigenvalue weighted by molar-refractivity contribution is 6.99. The number of hydrogen-bond donors (Lipinski definition) is 0. The minimum atomic E-state index is -0.127. The van der Waals surface area contributed by atoms with Crippen LogP contribution in [-0.4, -0.2) is 57.7 Å². The van der Waals surface area contributed by atoms with E-state index in [1.807, 2.05) is 19.2 Å². The van der Waals surface area contributed by atoms with E-state index >= 15 is 0 Å². The van der Waals surface area contributed by atoms with Crippen molar-refractivity contribution >= 4 is 17.6 Å². The fraction of sp³-hybridized carbons (Fsp3) is 0.500. The molecule has 5 nitrogen and oxygen atoms in total. The number of aromatic nitrogens is 2. The van der Waals surface area contributed by atoms with Gasteiger partial charge in [-0.25, -0.2) is 4.39 Å². The van der Waals surface area contributed by atoms with Gasteiger partial charge in [-0.2, -0.15) is 8.75 Å². The highest BCUT2D eigenvalue weighted by Crippen LogP contribution is 2.19. The Labute approximate surface area is 151 Å². The molecular formula is C18H23FN4OS. The van der Waals surface area contributed by atoms with E-state index in [0.717, 1.165) is 56.2 Å². The summed E-state index contributed by atoms with van der Waals surface area (Å²) in [6, 6.07) is 6.97. The molecule has 7 heteroatoms. The summed E-state index contributed by atoms with van der Waals surface area (Å²) in [5.41, 5.74) is 1.19. The molecule has 0 N–H and O–H groups in total. The van der Waals surface area contributed by atoms with Crippen LogP contribution in [0.3, 0.4) is 0 Å². The summed E-state index contributed by atoms with van der Waals surface area (Å²) < 4.78 is 21.6. The monoisotopic (exact) mass is 362 g/mol. The first-order valence-corrected chi connectivity index (χ1v) is 9.35. The summed E-state index contributed by atoms with van der Waals surface area (Å²) in [4.78, 5) is 16.4. The molecular weight excluding hydrogens is 339 g/mol. The van der Waals surface area contributed by atoms with Gasteiger partial charge in [0.15, 0.2) is 5.69 Å². The molecule has 1 atom stereocenters. The first kappa shape index (κ1) is 17.9. The number of halogens is 1. The topological polar surface area (TPSA) is 49.3 Å². The molecule has 2 aromatic rings. The van der Waals surface area contributed by atoms with Crippen LogP contribution in [0.5, 0.6) is 0 Å². The molecule has 1 aliphatic heterocycles. The second-order valence-corrected chi connectivity index (χ2v) is 7.19. The van der Waals surface area contributed by atoms with Gasteiger partial charge in [0.05, 0.1) is 17.9 Å². The third-order valence-electron chi connectivity index (χ3n) is 4.72. The van der Waals surface area contributed by atoms with Crippen LogP contribution in [0, 0.1) is 11.7 Å². The summed E-state index contributed by atoms with van der Waals surface area (Å²) in [7, 11) is 1.82. The summed E-state index contributed by atoms with van der Waals surface area (Å²) in [6.07, 6.45) is 4.47. The fourth-order valence-corrected chi connectivity index (χ4v) is 3.82. The van der Waals surface area contributed by atoms with Gasteiger partial charge in [0.25, 0.3) is 5.91 Å². The predicted molar refractivity (Wildman–Crippen MR) is 96.1 cm³/mol. The molecule has 134 valence electrons. The van der Waals surface area contributed by atoms with E-state index in [0.29, 0.717) is 18.2 Å². The van der Waals surface area contributed by atoms with Crippen molar-refractivity contribution in [3.8, 4) is 0 Å². The molecule has 1 fully saturated rings. The maximum atomic E-state index is 13.7. The van der Waals surface area contributed by atoms with Crippen LogP contribution in [0.2, 0.25) is 0 Å². The Morgan fingerprint density at radius 3 is 3.04 bits per heavy atom. The van der Waals surface area contributed by atoms with E-state index in [9.17, 15) is 9.18 Å². The number of amides is 1. The lowest BCUT2D eigenvalue weighted by Crippen LogP contribution is -2.42. The average Bonchev–Trinajstić information content (AvgIpc) is 3.15. The number of benzene rings is 1. The third-order valence-corrected chi connectivity index (χ3v) is 5.20.